The number of carbonyl (C=O) groups is 1. The predicted molar refractivity (Wildman–Crippen MR) is 99.2 cm³/mol. The third kappa shape index (κ3) is 5.34. The van der Waals surface area contributed by atoms with Crippen molar-refractivity contribution < 1.29 is 13.2 Å². The highest BCUT2D eigenvalue weighted by molar-refractivity contribution is 7.93. The Bertz CT molecular complexity index is 848. The fourth-order valence-electron chi connectivity index (χ4n) is 2.11. The van der Waals surface area contributed by atoms with E-state index in [-0.39, 0.29) is 27.3 Å². The second-order valence-corrected chi connectivity index (χ2v) is 7.89. The van der Waals surface area contributed by atoms with Gasteiger partial charge in [-0.2, -0.15) is 0 Å². The van der Waals surface area contributed by atoms with E-state index in [9.17, 15) is 13.2 Å². The second kappa shape index (κ2) is 8.05. The Balaban J connectivity index is 2.14. The Labute approximate surface area is 156 Å². The molecule has 2 N–H and O–H groups in total. The summed E-state index contributed by atoms with van der Waals surface area (Å²) in [6.45, 7) is 0. The normalized spacial score (nSPS) is 11.4. The van der Waals surface area contributed by atoms with Gasteiger partial charge in [0.25, 0.3) is 10.0 Å². The molecule has 25 heavy (non-hydrogen) atoms. The maximum absolute atomic E-state index is 12.5. The molecule has 0 aliphatic rings. The number of benzene rings is 2. The summed E-state index contributed by atoms with van der Waals surface area (Å²) in [7, 11) is -0.491. The van der Waals surface area contributed by atoms with E-state index in [1.165, 1.54) is 12.1 Å². The van der Waals surface area contributed by atoms with Gasteiger partial charge >= 0.3 is 0 Å². The van der Waals surface area contributed by atoms with Gasteiger partial charge in [-0.25, -0.2) is 13.4 Å². The van der Waals surface area contributed by atoms with Crippen LogP contribution in [0.3, 0.4) is 0 Å². The van der Waals surface area contributed by atoms with Gasteiger partial charge in [-0.3, -0.25) is 14.9 Å². The fraction of sp³-hybridized carbons (Fsp3) is 0.188. The quantitative estimate of drug-likeness (QED) is 0.729. The van der Waals surface area contributed by atoms with Crippen molar-refractivity contribution in [3.8, 4) is 0 Å². The SMILES string of the molecule is CN(C)NC(=O)Cc1ccc(NS(=O)(=O)c2c(Cl)cccc2Cl)cc1. The minimum Gasteiger partial charge on any atom is -0.289 e. The van der Waals surface area contributed by atoms with E-state index in [1.54, 1.807) is 49.4 Å². The molecule has 0 radical (unpaired) electrons. The highest BCUT2D eigenvalue weighted by atomic mass is 35.5. The summed E-state index contributed by atoms with van der Waals surface area (Å²) in [5.74, 6) is -0.166. The highest BCUT2D eigenvalue weighted by Crippen LogP contribution is 2.30. The first-order valence-electron chi connectivity index (χ1n) is 7.21. The van der Waals surface area contributed by atoms with Gasteiger partial charge < -0.3 is 0 Å². The van der Waals surface area contributed by atoms with Crippen LogP contribution in [0.1, 0.15) is 5.56 Å². The topological polar surface area (TPSA) is 78.5 Å². The van der Waals surface area contributed by atoms with Crippen LogP contribution in [-0.2, 0) is 21.2 Å². The average molecular weight is 402 g/mol. The van der Waals surface area contributed by atoms with Crippen LogP contribution < -0.4 is 10.1 Å². The molecule has 0 bridgehead atoms. The summed E-state index contributed by atoms with van der Waals surface area (Å²) < 4.78 is 27.4. The maximum atomic E-state index is 12.5. The number of rotatable bonds is 6. The van der Waals surface area contributed by atoms with Crippen molar-refractivity contribution in [2.45, 2.75) is 11.3 Å². The van der Waals surface area contributed by atoms with Crippen LogP contribution in [0.4, 0.5) is 5.69 Å². The van der Waals surface area contributed by atoms with Gasteiger partial charge in [0.1, 0.15) is 4.90 Å². The number of hydrogen-bond acceptors (Lipinski definition) is 4. The lowest BCUT2D eigenvalue weighted by atomic mass is 10.1. The second-order valence-electron chi connectivity index (χ2n) is 5.46. The van der Waals surface area contributed by atoms with E-state index >= 15 is 0 Å². The number of hydrazine groups is 1. The first kappa shape index (κ1) is 19.5. The van der Waals surface area contributed by atoms with Crippen LogP contribution >= 0.6 is 23.2 Å². The lowest BCUT2D eigenvalue weighted by Gasteiger charge is -2.13. The van der Waals surface area contributed by atoms with E-state index in [0.29, 0.717) is 5.69 Å². The van der Waals surface area contributed by atoms with E-state index < -0.39 is 10.0 Å². The zero-order valence-corrected chi connectivity index (χ0v) is 15.9. The van der Waals surface area contributed by atoms with Gasteiger partial charge in [0, 0.05) is 19.8 Å². The monoisotopic (exact) mass is 401 g/mol. The number of sulfonamides is 1. The molecule has 0 spiro atoms. The first-order chi connectivity index (χ1) is 11.7. The Kier molecular flexibility index (Phi) is 6.29. The van der Waals surface area contributed by atoms with Gasteiger partial charge in [0.2, 0.25) is 5.91 Å². The van der Waals surface area contributed by atoms with Crippen molar-refractivity contribution in [2.24, 2.45) is 0 Å². The number of nitrogens with zero attached hydrogens (tertiary/aromatic N) is 1. The Morgan fingerprint density at radius 1 is 1.04 bits per heavy atom. The lowest BCUT2D eigenvalue weighted by Crippen LogP contribution is -2.37. The highest BCUT2D eigenvalue weighted by Gasteiger charge is 2.21. The smallest absolute Gasteiger partial charge is 0.264 e. The molecule has 0 aliphatic carbocycles. The summed E-state index contributed by atoms with van der Waals surface area (Å²) in [6.07, 6.45) is 0.182. The Morgan fingerprint density at radius 3 is 2.12 bits per heavy atom. The van der Waals surface area contributed by atoms with Crippen molar-refractivity contribution in [2.75, 3.05) is 18.8 Å². The van der Waals surface area contributed by atoms with E-state index in [0.717, 1.165) is 5.56 Å². The summed E-state index contributed by atoms with van der Waals surface area (Å²) in [5.41, 5.74) is 3.72. The van der Waals surface area contributed by atoms with Crippen molar-refractivity contribution in [3.63, 3.8) is 0 Å². The molecule has 0 aromatic heterocycles. The molecule has 0 saturated heterocycles. The summed E-state index contributed by atoms with van der Waals surface area (Å²) in [4.78, 5) is 11.5. The zero-order chi connectivity index (χ0) is 18.6. The molecule has 9 heteroatoms. The Hall–Kier alpha value is -1.80. The predicted octanol–water partition coefficient (Wildman–Crippen LogP) is 2.93. The van der Waals surface area contributed by atoms with E-state index in [1.807, 2.05) is 0 Å². The van der Waals surface area contributed by atoms with Crippen molar-refractivity contribution in [1.29, 1.82) is 0 Å². The number of nitrogens with one attached hydrogen (secondary N) is 2. The molecule has 134 valence electrons. The van der Waals surface area contributed by atoms with E-state index in [4.69, 9.17) is 23.2 Å². The number of carbonyl (C=O) groups excluding carboxylic acids is 1. The van der Waals surface area contributed by atoms with Crippen molar-refractivity contribution in [1.82, 2.24) is 10.4 Å². The molecule has 0 aliphatic heterocycles. The largest absolute Gasteiger partial charge is 0.289 e. The van der Waals surface area contributed by atoms with Crippen molar-refractivity contribution >= 4 is 44.8 Å². The molecular weight excluding hydrogens is 385 g/mol. The third-order valence-corrected chi connectivity index (χ3v) is 5.44. The van der Waals surface area contributed by atoms with Gasteiger partial charge in [-0.15, -0.1) is 0 Å². The van der Waals surface area contributed by atoms with E-state index in [2.05, 4.69) is 10.1 Å². The van der Waals surface area contributed by atoms with Gasteiger partial charge in [0.15, 0.2) is 0 Å². The first-order valence-corrected chi connectivity index (χ1v) is 9.45. The fourth-order valence-corrected chi connectivity index (χ4v) is 4.32. The standard InChI is InChI=1S/C16H17Cl2N3O3S/c1-21(2)19-15(22)10-11-6-8-12(9-7-11)20-25(23,24)16-13(17)4-3-5-14(16)18/h3-9,20H,10H2,1-2H3,(H,19,22). The molecule has 2 aromatic carbocycles. The number of hydrogen-bond donors (Lipinski definition) is 2. The number of amides is 1. The van der Waals surface area contributed by atoms with Crippen LogP contribution in [0.15, 0.2) is 47.4 Å². The molecule has 0 heterocycles. The van der Waals surface area contributed by atoms with Crippen LogP contribution in [0.25, 0.3) is 0 Å². The van der Waals surface area contributed by atoms with Crippen LogP contribution in [0.2, 0.25) is 10.0 Å². The minimum atomic E-state index is -3.93. The molecule has 1 amide bonds. The molecule has 2 aromatic rings. The van der Waals surface area contributed by atoms with Crippen LogP contribution in [0.5, 0.6) is 0 Å². The molecular formula is C16H17Cl2N3O3S. The average Bonchev–Trinajstić information content (AvgIpc) is 2.47. The van der Waals surface area contributed by atoms with Crippen LogP contribution in [-0.4, -0.2) is 33.4 Å². The van der Waals surface area contributed by atoms with Gasteiger partial charge in [0.05, 0.1) is 16.5 Å². The molecule has 0 atom stereocenters. The lowest BCUT2D eigenvalue weighted by molar-refractivity contribution is -0.124. The summed E-state index contributed by atoms with van der Waals surface area (Å²) in [5, 5.41) is 1.63. The number of halogens is 2. The molecule has 0 fully saturated rings. The minimum absolute atomic E-state index is 0.0389. The maximum Gasteiger partial charge on any atom is 0.264 e. The molecule has 6 nitrogen and oxygen atoms in total. The third-order valence-electron chi connectivity index (χ3n) is 3.11. The van der Waals surface area contributed by atoms with Crippen LogP contribution in [0, 0.1) is 0 Å². The zero-order valence-electron chi connectivity index (χ0n) is 13.6. The number of anilines is 1. The summed E-state index contributed by atoms with van der Waals surface area (Å²) >= 11 is 11.9. The summed E-state index contributed by atoms with van der Waals surface area (Å²) in [6, 6.07) is 10.9. The van der Waals surface area contributed by atoms with Crippen molar-refractivity contribution in [3.05, 3.63) is 58.1 Å². The molecule has 0 saturated carbocycles. The van der Waals surface area contributed by atoms with Gasteiger partial charge in [-0.1, -0.05) is 41.4 Å². The Morgan fingerprint density at radius 2 is 1.60 bits per heavy atom. The van der Waals surface area contributed by atoms with Gasteiger partial charge in [-0.05, 0) is 29.8 Å². The molecule has 2 rings (SSSR count). The molecule has 0 unspecified atom stereocenters.